The highest BCUT2D eigenvalue weighted by Gasteiger charge is 2.17. The summed E-state index contributed by atoms with van der Waals surface area (Å²) in [5.41, 5.74) is 1.51. The molecule has 2 N–H and O–H groups in total. The molecule has 1 amide bonds. The van der Waals surface area contributed by atoms with Gasteiger partial charge in [-0.25, -0.2) is 4.79 Å². The van der Waals surface area contributed by atoms with Crippen LogP contribution >= 0.6 is 23.2 Å². The standard InChI is InChI=1S/C17H15Cl2N5O3/c1-10(17(26)27)24-5-4-15(22-24)16(25)21-12-7-20-23(9-12)8-11-2-3-13(18)14(19)6-11/h2-7,9-10H,8H2,1H3,(H,21,25)(H,26,27). The fourth-order valence-corrected chi connectivity index (χ4v) is 2.64. The van der Waals surface area contributed by atoms with Gasteiger partial charge in [-0.3, -0.25) is 14.2 Å². The number of anilines is 1. The van der Waals surface area contributed by atoms with Crippen LogP contribution in [0, 0.1) is 0 Å². The van der Waals surface area contributed by atoms with E-state index in [-0.39, 0.29) is 5.69 Å². The molecule has 1 aromatic carbocycles. The molecule has 0 fully saturated rings. The summed E-state index contributed by atoms with van der Waals surface area (Å²) < 4.78 is 2.85. The summed E-state index contributed by atoms with van der Waals surface area (Å²) in [6.07, 6.45) is 4.62. The molecule has 0 radical (unpaired) electrons. The highest BCUT2D eigenvalue weighted by atomic mass is 35.5. The van der Waals surface area contributed by atoms with E-state index in [9.17, 15) is 9.59 Å². The van der Waals surface area contributed by atoms with E-state index in [0.717, 1.165) is 5.56 Å². The number of aliphatic carboxylic acids is 1. The minimum absolute atomic E-state index is 0.111. The van der Waals surface area contributed by atoms with E-state index in [1.807, 2.05) is 6.07 Å². The second kappa shape index (κ2) is 7.81. The molecule has 27 heavy (non-hydrogen) atoms. The number of aromatic nitrogens is 4. The molecular weight excluding hydrogens is 393 g/mol. The average molecular weight is 408 g/mol. The molecule has 3 aromatic rings. The number of amides is 1. The summed E-state index contributed by atoms with van der Waals surface area (Å²) in [6, 6.07) is 5.89. The molecule has 0 spiro atoms. The van der Waals surface area contributed by atoms with Gasteiger partial charge in [-0.15, -0.1) is 0 Å². The summed E-state index contributed by atoms with van der Waals surface area (Å²) >= 11 is 11.9. The number of benzene rings is 1. The van der Waals surface area contributed by atoms with Gasteiger partial charge >= 0.3 is 5.97 Å². The first-order valence-electron chi connectivity index (χ1n) is 7.89. The van der Waals surface area contributed by atoms with E-state index in [1.165, 1.54) is 30.1 Å². The number of rotatable bonds is 6. The Kier molecular flexibility index (Phi) is 5.48. The van der Waals surface area contributed by atoms with Crippen molar-refractivity contribution in [3.05, 3.63) is 64.2 Å². The van der Waals surface area contributed by atoms with Crippen LogP contribution in [0.1, 0.15) is 29.0 Å². The van der Waals surface area contributed by atoms with Gasteiger partial charge < -0.3 is 10.4 Å². The van der Waals surface area contributed by atoms with Crippen LogP contribution in [0.5, 0.6) is 0 Å². The van der Waals surface area contributed by atoms with Crippen molar-refractivity contribution in [2.24, 2.45) is 0 Å². The van der Waals surface area contributed by atoms with E-state index >= 15 is 0 Å². The van der Waals surface area contributed by atoms with Crippen molar-refractivity contribution in [2.75, 3.05) is 5.32 Å². The molecule has 0 saturated carbocycles. The number of carbonyl (C=O) groups excluding carboxylic acids is 1. The van der Waals surface area contributed by atoms with Crippen LogP contribution in [-0.4, -0.2) is 36.5 Å². The van der Waals surface area contributed by atoms with E-state index in [2.05, 4.69) is 15.5 Å². The molecular formula is C17H15Cl2N5O3. The summed E-state index contributed by atoms with van der Waals surface area (Å²) in [5, 5.41) is 20.8. The van der Waals surface area contributed by atoms with E-state index in [1.54, 1.807) is 23.0 Å². The van der Waals surface area contributed by atoms with Gasteiger partial charge in [0.1, 0.15) is 6.04 Å². The molecule has 0 saturated heterocycles. The van der Waals surface area contributed by atoms with Crippen molar-refractivity contribution in [1.29, 1.82) is 0 Å². The van der Waals surface area contributed by atoms with Crippen molar-refractivity contribution >= 4 is 40.8 Å². The van der Waals surface area contributed by atoms with Crippen LogP contribution in [0.2, 0.25) is 10.0 Å². The molecule has 0 aliphatic carbocycles. The van der Waals surface area contributed by atoms with Crippen LogP contribution in [0.15, 0.2) is 42.9 Å². The SMILES string of the molecule is CC(C(=O)O)n1ccc(C(=O)Nc2cnn(Cc3ccc(Cl)c(Cl)c3)c2)n1. The quantitative estimate of drug-likeness (QED) is 0.652. The van der Waals surface area contributed by atoms with Crippen LogP contribution in [0.4, 0.5) is 5.69 Å². The third-order valence-electron chi connectivity index (χ3n) is 3.81. The first-order chi connectivity index (χ1) is 12.8. The molecule has 2 heterocycles. The van der Waals surface area contributed by atoms with Crippen LogP contribution in [0.25, 0.3) is 0 Å². The zero-order chi connectivity index (χ0) is 19.6. The Bertz CT molecular complexity index is 998. The van der Waals surface area contributed by atoms with Crippen molar-refractivity contribution < 1.29 is 14.7 Å². The minimum atomic E-state index is -1.03. The number of carbonyl (C=O) groups is 2. The van der Waals surface area contributed by atoms with E-state index in [0.29, 0.717) is 22.3 Å². The molecule has 2 aromatic heterocycles. The predicted molar refractivity (Wildman–Crippen MR) is 100 cm³/mol. The second-order valence-electron chi connectivity index (χ2n) is 5.82. The Morgan fingerprint density at radius 3 is 2.74 bits per heavy atom. The molecule has 3 rings (SSSR count). The van der Waals surface area contributed by atoms with Gasteiger partial charge in [0.15, 0.2) is 5.69 Å². The molecule has 140 valence electrons. The zero-order valence-corrected chi connectivity index (χ0v) is 15.6. The average Bonchev–Trinajstić information content (AvgIpc) is 3.27. The third-order valence-corrected chi connectivity index (χ3v) is 4.55. The number of hydrogen-bond donors (Lipinski definition) is 2. The van der Waals surface area contributed by atoms with Crippen LogP contribution in [-0.2, 0) is 11.3 Å². The normalized spacial score (nSPS) is 12.0. The van der Waals surface area contributed by atoms with Gasteiger partial charge in [0, 0.05) is 12.4 Å². The summed E-state index contributed by atoms with van der Waals surface area (Å²) in [4.78, 5) is 23.2. The fourth-order valence-electron chi connectivity index (χ4n) is 2.32. The lowest BCUT2D eigenvalue weighted by atomic mass is 10.2. The Morgan fingerprint density at radius 2 is 2.04 bits per heavy atom. The molecule has 0 aliphatic heterocycles. The summed E-state index contributed by atoms with van der Waals surface area (Å²) in [5.74, 6) is -1.49. The molecule has 1 atom stereocenters. The highest BCUT2D eigenvalue weighted by molar-refractivity contribution is 6.42. The minimum Gasteiger partial charge on any atom is -0.480 e. The Balaban J connectivity index is 1.65. The lowest BCUT2D eigenvalue weighted by Gasteiger charge is -2.05. The predicted octanol–water partition coefficient (Wildman–Crippen LogP) is 3.33. The lowest BCUT2D eigenvalue weighted by Crippen LogP contribution is -2.18. The molecule has 0 bridgehead atoms. The molecule has 8 nitrogen and oxygen atoms in total. The number of hydrogen-bond acceptors (Lipinski definition) is 4. The van der Waals surface area contributed by atoms with E-state index < -0.39 is 17.9 Å². The molecule has 1 unspecified atom stereocenters. The lowest BCUT2D eigenvalue weighted by molar-refractivity contribution is -0.140. The molecule has 0 aliphatic rings. The number of carboxylic acids is 1. The van der Waals surface area contributed by atoms with Gasteiger partial charge in [0.2, 0.25) is 0 Å². The largest absolute Gasteiger partial charge is 0.480 e. The number of nitrogens with one attached hydrogen (secondary N) is 1. The van der Waals surface area contributed by atoms with Gasteiger partial charge in [-0.2, -0.15) is 10.2 Å². The maximum Gasteiger partial charge on any atom is 0.328 e. The maximum absolute atomic E-state index is 12.3. The monoisotopic (exact) mass is 407 g/mol. The van der Waals surface area contributed by atoms with Crippen molar-refractivity contribution in [3.8, 4) is 0 Å². The Hall–Kier alpha value is -2.84. The Morgan fingerprint density at radius 1 is 1.26 bits per heavy atom. The maximum atomic E-state index is 12.3. The van der Waals surface area contributed by atoms with Gasteiger partial charge in [-0.1, -0.05) is 29.3 Å². The topological polar surface area (TPSA) is 102 Å². The zero-order valence-electron chi connectivity index (χ0n) is 14.1. The first kappa shape index (κ1) is 18.9. The second-order valence-corrected chi connectivity index (χ2v) is 6.64. The van der Waals surface area contributed by atoms with E-state index in [4.69, 9.17) is 28.3 Å². The first-order valence-corrected chi connectivity index (χ1v) is 8.65. The Labute approximate surface area is 164 Å². The fraction of sp³-hybridized carbons (Fsp3) is 0.176. The van der Waals surface area contributed by atoms with Gasteiger partial charge in [0.25, 0.3) is 5.91 Å². The number of halogens is 2. The van der Waals surface area contributed by atoms with Crippen LogP contribution < -0.4 is 5.32 Å². The summed E-state index contributed by atoms with van der Waals surface area (Å²) in [6.45, 7) is 1.93. The highest BCUT2D eigenvalue weighted by Crippen LogP contribution is 2.23. The third kappa shape index (κ3) is 4.47. The number of nitrogens with zero attached hydrogens (tertiary/aromatic N) is 4. The van der Waals surface area contributed by atoms with Gasteiger partial charge in [-0.05, 0) is 30.7 Å². The molecule has 10 heteroatoms. The summed E-state index contributed by atoms with van der Waals surface area (Å²) in [7, 11) is 0. The van der Waals surface area contributed by atoms with Crippen molar-refractivity contribution in [1.82, 2.24) is 19.6 Å². The van der Waals surface area contributed by atoms with Crippen molar-refractivity contribution in [3.63, 3.8) is 0 Å². The number of carboxylic acid groups (broad SMARTS) is 1. The smallest absolute Gasteiger partial charge is 0.328 e. The van der Waals surface area contributed by atoms with Crippen LogP contribution in [0.3, 0.4) is 0 Å². The van der Waals surface area contributed by atoms with Gasteiger partial charge in [0.05, 0.1) is 28.5 Å². The van der Waals surface area contributed by atoms with Crippen molar-refractivity contribution in [2.45, 2.75) is 19.5 Å².